The minimum absolute atomic E-state index is 0.228. The van der Waals surface area contributed by atoms with Gasteiger partial charge in [0.2, 0.25) is 0 Å². The van der Waals surface area contributed by atoms with Crippen molar-refractivity contribution in [3.8, 4) is 15.8 Å². The van der Waals surface area contributed by atoms with Crippen LogP contribution >= 0.6 is 22.7 Å². The second kappa shape index (κ2) is 14.3. The number of thiophene rings is 2. The van der Waals surface area contributed by atoms with Gasteiger partial charge in [-0.25, -0.2) is 19.6 Å². The molecule has 3 aromatic carbocycles. The Kier molecular flexibility index (Phi) is 9.82. The topological polar surface area (TPSA) is 144 Å². The molecule has 4 aromatic heterocycles. The second-order valence-electron chi connectivity index (χ2n) is 10.3. The number of alkyl halides is 3. The summed E-state index contributed by atoms with van der Waals surface area (Å²) in [5.74, 6) is -2.16. The molecule has 7 aromatic rings. The normalized spacial score (nSPS) is 11.5. The lowest BCUT2D eigenvalue weighted by Gasteiger charge is -2.08. The first-order valence-corrected chi connectivity index (χ1v) is 17.6. The van der Waals surface area contributed by atoms with Crippen LogP contribution in [0.2, 0.25) is 0 Å². The first kappa shape index (κ1) is 35.1. The van der Waals surface area contributed by atoms with Crippen LogP contribution in [0.15, 0.2) is 104 Å². The molecule has 7 rings (SSSR count). The van der Waals surface area contributed by atoms with Gasteiger partial charge in [0, 0.05) is 11.8 Å². The van der Waals surface area contributed by atoms with Gasteiger partial charge in [-0.15, -0.1) is 22.7 Å². The number of carbonyl (C=O) groups excluding carboxylic acids is 2. The van der Waals surface area contributed by atoms with E-state index in [1.54, 1.807) is 30.6 Å². The summed E-state index contributed by atoms with van der Waals surface area (Å²) >= 11 is 2.08. The van der Waals surface area contributed by atoms with Gasteiger partial charge in [-0.05, 0) is 42.5 Å². The summed E-state index contributed by atoms with van der Waals surface area (Å²) in [4.78, 5) is 32.7. The molecule has 0 bridgehead atoms. The number of hydrogen-bond acceptors (Lipinski definition) is 12. The van der Waals surface area contributed by atoms with E-state index in [1.165, 1.54) is 29.3 Å². The quantitative estimate of drug-likeness (QED) is 0.0930. The first-order chi connectivity index (χ1) is 24.4. The third-order valence-electron chi connectivity index (χ3n) is 7.06. The van der Waals surface area contributed by atoms with Crippen LogP contribution in [0.25, 0.3) is 32.1 Å². The maximum atomic E-state index is 12.6. The number of para-hydroxylation sites is 5. The average molecular weight is 756 g/mol. The molecule has 0 aliphatic rings. The predicted molar refractivity (Wildman–Crippen MR) is 186 cm³/mol. The maximum absolute atomic E-state index is 12.6. The van der Waals surface area contributed by atoms with Crippen LogP contribution in [0.3, 0.4) is 0 Å². The van der Waals surface area contributed by atoms with Crippen molar-refractivity contribution < 1.29 is 44.8 Å². The SMILES string of the molecule is COC(=O)c1sc(-n2cnc3ccccc32)cc1Nc1ccccc1.COC(=O)c1sc(-n2cnc3ccccc32)cc1OS(=O)(=O)C(F)(F)F. The third-order valence-corrected chi connectivity index (χ3v) is 10.2. The Bertz CT molecular complexity index is 2470. The number of halogens is 3. The van der Waals surface area contributed by atoms with Crippen LogP contribution in [0, 0.1) is 0 Å². The Balaban J connectivity index is 0.000000176. The number of aromatic nitrogens is 4. The van der Waals surface area contributed by atoms with E-state index < -0.39 is 32.2 Å². The Hall–Kier alpha value is -5.72. The highest BCUT2D eigenvalue weighted by molar-refractivity contribution is 7.88. The van der Waals surface area contributed by atoms with Crippen molar-refractivity contribution in [2.45, 2.75) is 5.51 Å². The van der Waals surface area contributed by atoms with Crippen LogP contribution in [0.5, 0.6) is 5.75 Å². The fraction of sp³-hybridized carbons (Fsp3) is 0.0909. The van der Waals surface area contributed by atoms with Crippen molar-refractivity contribution >= 4 is 78.2 Å². The molecule has 0 unspecified atom stereocenters. The molecular formula is C33H24F3N5O7S3. The first-order valence-electron chi connectivity index (χ1n) is 14.5. The minimum atomic E-state index is -5.94. The highest BCUT2D eigenvalue weighted by Crippen LogP contribution is 2.38. The lowest BCUT2D eigenvalue weighted by molar-refractivity contribution is -0.0500. The van der Waals surface area contributed by atoms with Crippen LogP contribution in [-0.2, 0) is 19.6 Å². The third kappa shape index (κ3) is 7.28. The van der Waals surface area contributed by atoms with E-state index in [-0.39, 0.29) is 11.0 Å². The van der Waals surface area contributed by atoms with Gasteiger partial charge < -0.3 is 19.0 Å². The van der Waals surface area contributed by atoms with Crippen LogP contribution in [0.1, 0.15) is 19.3 Å². The van der Waals surface area contributed by atoms with Crippen molar-refractivity contribution in [1.82, 2.24) is 19.1 Å². The predicted octanol–water partition coefficient (Wildman–Crippen LogP) is 7.72. The van der Waals surface area contributed by atoms with Crippen LogP contribution in [-0.4, -0.2) is 59.2 Å². The zero-order chi connectivity index (χ0) is 36.3. The molecule has 0 aliphatic carbocycles. The zero-order valence-electron chi connectivity index (χ0n) is 26.3. The average Bonchev–Trinajstić information content (AvgIpc) is 3.92. The standard InChI is InChI=1S/C19H15N3O2S.C14H9F3N2O5S2/c1-24-19(23)18-15(21-13-7-3-2-4-8-13)11-17(25-18)22-12-20-14-9-5-6-10-16(14)22;1-23-13(20)12-10(24-26(21,22)14(15,16)17)6-11(25-12)19-7-18-8-4-2-3-5-9(8)19/h2-12,21H,1H3;2-7H,1H3. The Labute approximate surface area is 295 Å². The van der Waals surface area contributed by atoms with Crippen molar-refractivity contribution in [2.75, 3.05) is 19.5 Å². The molecule has 0 amide bonds. The fourth-order valence-corrected chi connectivity index (χ4v) is 7.24. The van der Waals surface area contributed by atoms with Gasteiger partial charge in [0.1, 0.15) is 27.5 Å². The van der Waals surface area contributed by atoms with Crippen molar-refractivity contribution in [3.63, 3.8) is 0 Å². The van der Waals surface area contributed by atoms with Gasteiger partial charge in [-0.3, -0.25) is 9.13 Å². The van der Waals surface area contributed by atoms with Gasteiger partial charge in [0.15, 0.2) is 10.6 Å². The molecule has 0 fully saturated rings. The molecule has 12 nitrogen and oxygen atoms in total. The number of fused-ring (bicyclic) bond motifs is 2. The van der Waals surface area contributed by atoms with Gasteiger partial charge >= 0.3 is 27.6 Å². The lowest BCUT2D eigenvalue weighted by Crippen LogP contribution is -2.28. The molecule has 4 heterocycles. The van der Waals surface area contributed by atoms with E-state index in [9.17, 15) is 31.2 Å². The number of rotatable bonds is 8. The Morgan fingerprint density at radius 2 is 1.22 bits per heavy atom. The number of benzene rings is 3. The van der Waals surface area contributed by atoms with E-state index >= 15 is 0 Å². The van der Waals surface area contributed by atoms with Crippen LogP contribution < -0.4 is 9.50 Å². The van der Waals surface area contributed by atoms with E-state index in [2.05, 4.69) is 24.2 Å². The lowest BCUT2D eigenvalue weighted by atomic mass is 10.3. The van der Waals surface area contributed by atoms with Gasteiger partial charge in [-0.1, -0.05) is 42.5 Å². The molecule has 51 heavy (non-hydrogen) atoms. The molecule has 0 aliphatic heterocycles. The summed E-state index contributed by atoms with van der Waals surface area (Å²) in [7, 11) is -3.54. The molecule has 0 saturated carbocycles. The van der Waals surface area contributed by atoms with Crippen LogP contribution in [0.4, 0.5) is 24.5 Å². The molecule has 18 heteroatoms. The summed E-state index contributed by atoms with van der Waals surface area (Å²) < 4.78 is 77.3. The summed E-state index contributed by atoms with van der Waals surface area (Å²) in [5, 5.41) is 4.42. The van der Waals surface area contributed by atoms with Crippen molar-refractivity contribution in [3.05, 3.63) is 113 Å². The summed E-state index contributed by atoms with van der Waals surface area (Å²) in [6.45, 7) is 0. The second-order valence-corrected chi connectivity index (χ2v) is 13.9. The molecular weight excluding hydrogens is 732 g/mol. The Morgan fingerprint density at radius 1 is 0.725 bits per heavy atom. The molecule has 0 atom stereocenters. The maximum Gasteiger partial charge on any atom is 0.534 e. The number of esters is 2. The zero-order valence-corrected chi connectivity index (χ0v) is 28.8. The number of ether oxygens (including phenoxy) is 2. The van der Waals surface area contributed by atoms with Gasteiger partial charge in [0.05, 0.1) is 42.0 Å². The molecule has 262 valence electrons. The van der Waals surface area contributed by atoms with Crippen molar-refractivity contribution in [2.24, 2.45) is 0 Å². The van der Waals surface area contributed by atoms with E-state index in [0.717, 1.165) is 40.6 Å². The number of methoxy groups -OCH3 is 2. The van der Waals surface area contributed by atoms with Crippen molar-refractivity contribution in [1.29, 1.82) is 0 Å². The number of nitrogens with zero attached hydrogens (tertiary/aromatic N) is 4. The smallest absolute Gasteiger partial charge is 0.465 e. The molecule has 1 N–H and O–H groups in total. The molecule has 0 spiro atoms. The molecule has 0 radical (unpaired) electrons. The van der Waals surface area contributed by atoms with E-state index in [4.69, 9.17) is 4.74 Å². The number of hydrogen-bond donors (Lipinski definition) is 1. The number of nitrogens with one attached hydrogen (secondary N) is 1. The monoisotopic (exact) mass is 755 g/mol. The number of imidazole rings is 2. The van der Waals surface area contributed by atoms with E-state index in [0.29, 0.717) is 27.2 Å². The Morgan fingerprint density at radius 3 is 1.76 bits per heavy atom. The summed E-state index contributed by atoms with van der Waals surface area (Å²) in [6, 6.07) is 27.5. The summed E-state index contributed by atoms with van der Waals surface area (Å²) in [5.41, 5.74) is -0.895. The highest BCUT2D eigenvalue weighted by atomic mass is 32.2. The van der Waals surface area contributed by atoms with Gasteiger partial charge in [0.25, 0.3) is 0 Å². The largest absolute Gasteiger partial charge is 0.534 e. The highest BCUT2D eigenvalue weighted by Gasteiger charge is 2.49. The van der Waals surface area contributed by atoms with E-state index in [1.807, 2.05) is 65.2 Å². The number of anilines is 2. The summed E-state index contributed by atoms with van der Waals surface area (Å²) in [6.07, 6.45) is 3.16. The number of carbonyl (C=O) groups is 2. The fourth-order valence-electron chi connectivity index (χ4n) is 4.72. The van der Waals surface area contributed by atoms with Gasteiger partial charge in [-0.2, -0.15) is 21.6 Å². The molecule has 0 saturated heterocycles. The minimum Gasteiger partial charge on any atom is -0.465 e.